The second-order valence-electron chi connectivity index (χ2n) is 5.02. The maximum Gasteiger partial charge on any atom is 0.244 e. The van der Waals surface area contributed by atoms with Gasteiger partial charge in [0.25, 0.3) is 0 Å². The largest absolute Gasteiger partial charge is 0.495 e. The summed E-state index contributed by atoms with van der Waals surface area (Å²) in [7, 11) is -0.165. The molecule has 0 radical (unpaired) electrons. The van der Waals surface area contributed by atoms with Gasteiger partial charge in [-0.1, -0.05) is 0 Å². The number of benzene rings is 1. The van der Waals surface area contributed by atoms with Crippen molar-refractivity contribution in [3.8, 4) is 5.75 Å². The van der Waals surface area contributed by atoms with Crippen LogP contribution in [0.1, 0.15) is 12.8 Å². The van der Waals surface area contributed by atoms with Crippen LogP contribution in [0.25, 0.3) is 0 Å². The van der Waals surface area contributed by atoms with Crippen molar-refractivity contribution in [2.75, 3.05) is 33.0 Å². The predicted molar refractivity (Wildman–Crippen MR) is 78.2 cm³/mol. The molecule has 2 rings (SSSR count). The zero-order valence-electron chi connectivity index (χ0n) is 11.8. The van der Waals surface area contributed by atoms with Crippen molar-refractivity contribution in [3.05, 3.63) is 18.2 Å². The zero-order valence-corrected chi connectivity index (χ0v) is 12.6. The number of anilines is 1. The number of nitrogens with zero attached hydrogens (tertiary/aromatic N) is 1. The van der Waals surface area contributed by atoms with Crippen LogP contribution in [0.3, 0.4) is 0 Å². The van der Waals surface area contributed by atoms with Gasteiger partial charge in [0.05, 0.1) is 7.11 Å². The maximum atomic E-state index is 12.3. The number of sulfonamides is 1. The van der Waals surface area contributed by atoms with Crippen LogP contribution in [-0.4, -0.2) is 46.6 Å². The predicted octanol–water partition coefficient (Wildman–Crippen LogP) is 0.650. The standard InChI is InChI=1S/C13H21N3O3S/c1-16(11-4-5-11)8-7-15-20(17,18)13-9-10(14)3-6-12(13)19-2/h3,6,9,11,15H,4-5,7-8,14H2,1-2H3. The van der Waals surface area contributed by atoms with Gasteiger partial charge >= 0.3 is 0 Å². The first-order chi connectivity index (χ1) is 9.44. The molecule has 1 saturated carbocycles. The van der Waals surface area contributed by atoms with Crippen molar-refractivity contribution in [2.45, 2.75) is 23.8 Å². The third-order valence-electron chi connectivity index (χ3n) is 3.40. The second-order valence-corrected chi connectivity index (χ2v) is 6.76. The summed E-state index contributed by atoms with van der Waals surface area (Å²) in [6.45, 7) is 1.06. The summed E-state index contributed by atoms with van der Waals surface area (Å²) < 4.78 is 32.2. The van der Waals surface area contributed by atoms with Crippen LogP contribution in [-0.2, 0) is 10.0 Å². The highest BCUT2D eigenvalue weighted by atomic mass is 32.2. The Morgan fingerprint density at radius 2 is 2.15 bits per heavy atom. The molecule has 112 valence electrons. The fourth-order valence-corrected chi connectivity index (χ4v) is 3.26. The third-order valence-corrected chi connectivity index (χ3v) is 4.89. The molecule has 0 amide bonds. The molecular formula is C13H21N3O3S. The summed E-state index contributed by atoms with van der Waals surface area (Å²) in [5.41, 5.74) is 6.04. The van der Waals surface area contributed by atoms with Gasteiger partial charge in [0.2, 0.25) is 10.0 Å². The Labute approximate surface area is 120 Å². The number of nitrogen functional groups attached to an aromatic ring is 1. The molecule has 0 heterocycles. The first kappa shape index (κ1) is 15.1. The van der Waals surface area contributed by atoms with Crippen LogP contribution >= 0.6 is 0 Å². The molecule has 1 aliphatic rings. The summed E-state index contributed by atoms with van der Waals surface area (Å²) in [5, 5.41) is 0. The molecule has 1 fully saturated rings. The number of rotatable bonds is 7. The lowest BCUT2D eigenvalue weighted by atomic mass is 10.3. The van der Waals surface area contributed by atoms with Gasteiger partial charge in [-0.05, 0) is 38.1 Å². The Morgan fingerprint density at radius 1 is 1.45 bits per heavy atom. The van der Waals surface area contributed by atoms with Gasteiger partial charge in [-0.3, -0.25) is 0 Å². The fourth-order valence-electron chi connectivity index (χ4n) is 2.04. The van der Waals surface area contributed by atoms with Gasteiger partial charge in [0.1, 0.15) is 10.6 Å². The highest BCUT2D eigenvalue weighted by molar-refractivity contribution is 7.89. The third kappa shape index (κ3) is 3.62. The first-order valence-corrected chi connectivity index (χ1v) is 8.06. The molecule has 1 aromatic rings. The number of nitrogens with two attached hydrogens (primary N) is 1. The van der Waals surface area contributed by atoms with Crippen molar-refractivity contribution in [2.24, 2.45) is 0 Å². The molecule has 1 aliphatic carbocycles. The molecule has 0 unspecified atom stereocenters. The second kappa shape index (κ2) is 5.99. The van der Waals surface area contributed by atoms with E-state index in [-0.39, 0.29) is 4.90 Å². The first-order valence-electron chi connectivity index (χ1n) is 6.57. The summed E-state index contributed by atoms with van der Waals surface area (Å²) in [6.07, 6.45) is 2.40. The maximum absolute atomic E-state index is 12.3. The number of methoxy groups -OCH3 is 1. The number of nitrogens with one attached hydrogen (secondary N) is 1. The van der Waals surface area contributed by atoms with E-state index in [0.29, 0.717) is 30.6 Å². The van der Waals surface area contributed by atoms with Crippen LogP contribution < -0.4 is 15.2 Å². The Hall–Kier alpha value is -1.31. The Kier molecular flexibility index (Phi) is 4.52. The van der Waals surface area contributed by atoms with E-state index in [1.807, 2.05) is 7.05 Å². The van der Waals surface area contributed by atoms with Crippen LogP contribution in [0.4, 0.5) is 5.69 Å². The van der Waals surface area contributed by atoms with Crippen molar-refractivity contribution < 1.29 is 13.2 Å². The lowest BCUT2D eigenvalue weighted by molar-refractivity contribution is 0.329. The molecule has 20 heavy (non-hydrogen) atoms. The molecule has 0 aliphatic heterocycles. The average Bonchev–Trinajstić information content (AvgIpc) is 3.22. The van der Waals surface area contributed by atoms with Crippen LogP contribution in [0, 0.1) is 0 Å². The quantitative estimate of drug-likeness (QED) is 0.722. The number of likely N-dealkylation sites (N-methyl/N-ethyl adjacent to an activating group) is 1. The minimum Gasteiger partial charge on any atom is -0.495 e. The van der Waals surface area contributed by atoms with E-state index in [9.17, 15) is 8.42 Å². The molecule has 0 aromatic heterocycles. The van der Waals surface area contributed by atoms with E-state index in [2.05, 4.69) is 9.62 Å². The summed E-state index contributed by atoms with van der Waals surface area (Å²) in [5.74, 6) is 0.294. The van der Waals surface area contributed by atoms with Crippen molar-refractivity contribution in [1.29, 1.82) is 0 Å². The highest BCUT2D eigenvalue weighted by Gasteiger charge is 2.26. The van der Waals surface area contributed by atoms with Crippen molar-refractivity contribution in [1.82, 2.24) is 9.62 Å². The van der Waals surface area contributed by atoms with E-state index >= 15 is 0 Å². The van der Waals surface area contributed by atoms with Crippen LogP contribution in [0.2, 0.25) is 0 Å². The number of ether oxygens (including phenoxy) is 1. The van der Waals surface area contributed by atoms with Gasteiger partial charge in [-0.2, -0.15) is 0 Å². The Morgan fingerprint density at radius 3 is 2.75 bits per heavy atom. The summed E-state index contributed by atoms with van der Waals surface area (Å²) >= 11 is 0. The Bertz CT molecular complexity index is 570. The minimum absolute atomic E-state index is 0.0778. The fraction of sp³-hybridized carbons (Fsp3) is 0.538. The SMILES string of the molecule is COc1ccc(N)cc1S(=O)(=O)NCCN(C)C1CC1. The van der Waals surface area contributed by atoms with Crippen LogP contribution in [0.15, 0.2) is 23.1 Å². The van der Waals surface area contributed by atoms with E-state index in [1.165, 1.54) is 26.0 Å². The molecule has 3 N–H and O–H groups in total. The molecular weight excluding hydrogens is 278 g/mol. The van der Waals surface area contributed by atoms with Gasteiger partial charge in [0, 0.05) is 24.8 Å². The molecule has 0 saturated heterocycles. The molecule has 0 bridgehead atoms. The lowest BCUT2D eigenvalue weighted by Gasteiger charge is -2.16. The molecule has 0 atom stereocenters. The molecule has 7 heteroatoms. The minimum atomic E-state index is -3.61. The van der Waals surface area contributed by atoms with Crippen LogP contribution in [0.5, 0.6) is 5.75 Å². The van der Waals surface area contributed by atoms with Gasteiger partial charge < -0.3 is 15.4 Å². The monoisotopic (exact) mass is 299 g/mol. The van der Waals surface area contributed by atoms with E-state index in [1.54, 1.807) is 12.1 Å². The lowest BCUT2D eigenvalue weighted by Crippen LogP contribution is -2.34. The van der Waals surface area contributed by atoms with Crippen molar-refractivity contribution >= 4 is 15.7 Å². The van der Waals surface area contributed by atoms with E-state index in [4.69, 9.17) is 10.5 Å². The van der Waals surface area contributed by atoms with E-state index < -0.39 is 10.0 Å². The smallest absolute Gasteiger partial charge is 0.244 e. The summed E-state index contributed by atoms with van der Waals surface area (Å²) in [4.78, 5) is 2.24. The average molecular weight is 299 g/mol. The molecule has 0 spiro atoms. The van der Waals surface area contributed by atoms with Gasteiger partial charge in [-0.25, -0.2) is 13.1 Å². The number of hydrogen-bond acceptors (Lipinski definition) is 5. The normalized spacial score (nSPS) is 15.6. The number of hydrogen-bond donors (Lipinski definition) is 2. The van der Waals surface area contributed by atoms with Gasteiger partial charge in [0.15, 0.2) is 0 Å². The summed E-state index contributed by atoms with van der Waals surface area (Å²) in [6, 6.07) is 5.19. The highest BCUT2D eigenvalue weighted by Crippen LogP contribution is 2.26. The van der Waals surface area contributed by atoms with E-state index in [0.717, 1.165) is 0 Å². The van der Waals surface area contributed by atoms with Gasteiger partial charge in [-0.15, -0.1) is 0 Å². The zero-order chi connectivity index (χ0) is 14.8. The molecule has 6 nitrogen and oxygen atoms in total. The Balaban J connectivity index is 2.03. The molecule has 1 aromatic carbocycles. The van der Waals surface area contributed by atoms with Crippen molar-refractivity contribution in [3.63, 3.8) is 0 Å². The topological polar surface area (TPSA) is 84.7 Å².